The zero-order valence-corrected chi connectivity index (χ0v) is 17.0. The molecule has 1 heteroatoms. The lowest BCUT2D eigenvalue weighted by Gasteiger charge is -2.29. The van der Waals surface area contributed by atoms with Crippen LogP contribution in [0.4, 0.5) is 0 Å². The summed E-state index contributed by atoms with van der Waals surface area (Å²) >= 11 is 0. The van der Waals surface area contributed by atoms with Crippen molar-refractivity contribution < 1.29 is 4.74 Å². The highest BCUT2D eigenvalue weighted by atomic mass is 16.5. The minimum atomic E-state index is 0.955. The summed E-state index contributed by atoms with van der Waals surface area (Å²) in [5, 5.41) is 0. The molecule has 2 aliphatic carbocycles. The van der Waals surface area contributed by atoms with Crippen molar-refractivity contribution in [1.29, 1.82) is 0 Å². The molecule has 0 N–H and O–H groups in total. The SMILES string of the molecule is CCC1CCC(CCC2CC=C(CCc3ccc(OC)cc3)CC2)CC1. The van der Waals surface area contributed by atoms with Gasteiger partial charge in [0.05, 0.1) is 7.11 Å². The number of methoxy groups -OCH3 is 1. The van der Waals surface area contributed by atoms with Crippen molar-refractivity contribution in [2.24, 2.45) is 17.8 Å². The number of hydrogen-bond donors (Lipinski definition) is 0. The van der Waals surface area contributed by atoms with E-state index in [0.29, 0.717) is 0 Å². The fraction of sp³-hybridized carbons (Fsp3) is 0.680. The third kappa shape index (κ3) is 5.89. The van der Waals surface area contributed by atoms with Gasteiger partial charge in [-0.3, -0.25) is 0 Å². The Morgan fingerprint density at radius 2 is 1.54 bits per heavy atom. The van der Waals surface area contributed by atoms with Crippen LogP contribution >= 0.6 is 0 Å². The molecule has 0 bridgehead atoms. The van der Waals surface area contributed by atoms with Crippen LogP contribution in [-0.2, 0) is 6.42 Å². The van der Waals surface area contributed by atoms with Crippen molar-refractivity contribution in [3.05, 3.63) is 41.5 Å². The van der Waals surface area contributed by atoms with E-state index in [0.717, 1.165) is 23.5 Å². The van der Waals surface area contributed by atoms with Gasteiger partial charge in [-0.25, -0.2) is 0 Å². The highest BCUT2D eigenvalue weighted by Gasteiger charge is 2.21. The molecule has 1 nitrogen and oxygen atoms in total. The maximum absolute atomic E-state index is 5.24. The number of aryl methyl sites for hydroxylation is 1. The van der Waals surface area contributed by atoms with E-state index >= 15 is 0 Å². The van der Waals surface area contributed by atoms with Crippen LogP contribution in [0.15, 0.2) is 35.9 Å². The molecule has 1 unspecified atom stereocenters. The first-order valence-electron chi connectivity index (χ1n) is 11.1. The number of ether oxygens (including phenoxy) is 1. The second kappa shape index (κ2) is 10.2. The van der Waals surface area contributed by atoms with E-state index in [4.69, 9.17) is 4.74 Å². The van der Waals surface area contributed by atoms with E-state index in [9.17, 15) is 0 Å². The summed E-state index contributed by atoms with van der Waals surface area (Å²) in [6.07, 6.45) is 19.5. The van der Waals surface area contributed by atoms with Gasteiger partial charge >= 0.3 is 0 Å². The average Bonchev–Trinajstić information content (AvgIpc) is 2.72. The Kier molecular flexibility index (Phi) is 7.65. The van der Waals surface area contributed by atoms with Crippen LogP contribution in [0.25, 0.3) is 0 Å². The molecule has 0 heterocycles. The maximum Gasteiger partial charge on any atom is 0.118 e. The van der Waals surface area contributed by atoms with Crippen LogP contribution in [-0.4, -0.2) is 7.11 Å². The van der Waals surface area contributed by atoms with E-state index in [-0.39, 0.29) is 0 Å². The minimum Gasteiger partial charge on any atom is -0.497 e. The Hall–Kier alpha value is -1.24. The molecule has 144 valence electrons. The molecule has 0 saturated heterocycles. The normalized spacial score (nSPS) is 26.4. The van der Waals surface area contributed by atoms with Gasteiger partial charge in [0.1, 0.15) is 5.75 Å². The van der Waals surface area contributed by atoms with Crippen LogP contribution in [0.1, 0.15) is 83.1 Å². The van der Waals surface area contributed by atoms with Crippen LogP contribution < -0.4 is 4.74 Å². The molecular weight excluding hydrogens is 316 g/mol. The molecule has 0 spiro atoms. The monoisotopic (exact) mass is 354 g/mol. The lowest BCUT2D eigenvalue weighted by atomic mass is 9.76. The second-order valence-corrected chi connectivity index (χ2v) is 8.72. The van der Waals surface area contributed by atoms with Gasteiger partial charge in [-0.1, -0.05) is 69.2 Å². The Morgan fingerprint density at radius 1 is 0.846 bits per heavy atom. The highest BCUT2D eigenvalue weighted by Crippen LogP contribution is 2.36. The topological polar surface area (TPSA) is 9.23 Å². The Balaban J connectivity index is 1.34. The van der Waals surface area contributed by atoms with Gasteiger partial charge < -0.3 is 4.74 Å². The molecule has 0 aromatic heterocycles. The Bertz CT molecular complexity index is 548. The summed E-state index contributed by atoms with van der Waals surface area (Å²) in [5.74, 6) is 4.00. The van der Waals surface area contributed by atoms with E-state index in [1.165, 1.54) is 82.6 Å². The lowest BCUT2D eigenvalue weighted by Crippen LogP contribution is -2.15. The molecule has 0 radical (unpaired) electrons. The van der Waals surface area contributed by atoms with Crippen LogP contribution in [0.2, 0.25) is 0 Å². The third-order valence-electron chi connectivity index (χ3n) is 7.03. The number of allylic oxidation sites excluding steroid dienone is 2. The molecule has 0 aliphatic heterocycles. The zero-order valence-electron chi connectivity index (χ0n) is 17.0. The lowest BCUT2D eigenvalue weighted by molar-refractivity contribution is 0.241. The fourth-order valence-electron chi connectivity index (χ4n) is 4.93. The highest BCUT2D eigenvalue weighted by molar-refractivity contribution is 5.27. The van der Waals surface area contributed by atoms with Gasteiger partial charge in [0.25, 0.3) is 0 Å². The summed E-state index contributed by atoms with van der Waals surface area (Å²) in [5.41, 5.74) is 3.12. The summed E-state index contributed by atoms with van der Waals surface area (Å²) in [4.78, 5) is 0. The fourth-order valence-corrected chi connectivity index (χ4v) is 4.93. The van der Waals surface area contributed by atoms with Crippen molar-refractivity contribution in [1.82, 2.24) is 0 Å². The van der Waals surface area contributed by atoms with Crippen LogP contribution in [0.5, 0.6) is 5.75 Å². The van der Waals surface area contributed by atoms with Crippen molar-refractivity contribution in [2.45, 2.75) is 84.0 Å². The van der Waals surface area contributed by atoms with Crippen LogP contribution in [0, 0.1) is 17.8 Å². The molecular formula is C25H38O. The first kappa shape index (κ1) is 19.5. The van der Waals surface area contributed by atoms with Crippen molar-refractivity contribution in [3.63, 3.8) is 0 Å². The molecule has 0 amide bonds. The molecule has 1 fully saturated rings. The molecule has 1 saturated carbocycles. The van der Waals surface area contributed by atoms with Gasteiger partial charge in [0.15, 0.2) is 0 Å². The first-order chi connectivity index (χ1) is 12.8. The van der Waals surface area contributed by atoms with E-state index < -0.39 is 0 Å². The first-order valence-corrected chi connectivity index (χ1v) is 11.1. The second-order valence-electron chi connectivity index (χ2n) is 8.72. The molecule has 2 aliphatic rings. The van der Waals surface area contributed by atoms with E-state index in [2.05, 4.69) is 37.3 Å². The largest absolute Gasteiger partial charge is 0.497 e. The van der Waals surface area contributed by atoms with E-state index in [1.54, 1.807) is 12.7 Å². The third-order valence-corrected chi connectivity index (χ3v) is 7.03. The Morgan fingerprint density at radius 3 is 2.15 bits per heavy atom. The van der Waals surface area contributed by atoms with Crippen molar-refractivity contribution >= 4 is 0 Å². The molecule has 1 aromatic rings. The quantitative estimate of drug-likeness (QED) is 0.443. The van der Waals surface area contributed by atoms with Gasteiger partial charge in [-0.15, -0.1) is 0 Å². The van der Waals surface area contributed by atoms with Gasteiger partial charge in [-0.05, 0) is 74.0 Å². The average molecular weight is 355 g/mol. The van der Waals surface area contributed by atoms with Gasteiger partial charge in [-0.2, -0.15) is 0 Å². The van der Waals surface area contributed by atoms with Crippen molar-refractivity contribution in [2.75, 3.05) is 7.11 Å². The van der Waals surface area contributed by atoms with Gasteiger partial charge in [0, 0.05) is 0 Å². The van der Waals surface area contributed by atoms with E-state index in [1.807, 2.05) is 0 Å². The Labute approximate surface area is 161 Å². The molecule has 1 atom stereocenters. The summed E-state index contributed by atoms with van der Waals surface area (Å²) in [7, 11) is 1.73. The van der Waals surface area contributed by atoms with Crippen LogP contribution in [0.3, 0.4) is 0 Å². The number of rotatable bonds is 8. The molecule has 26 heavy (non-hydrogen) atoms. The molecule has 1 aromatic carbocycles. The van der Waals surface area contributed by atoms with Gasteiger partial charge in [0.2, 0.25) is 0 Å². The summed E-state index contributed by atoms with van der Waals surface area (Å²) < 4.78 is 5.24. The summed E-state index contributed by atoms with van der Waals surface area (Å²) in [6, 6.07) is 8.57. The number of benzene rings is 1. The summed E-state index contributed by atoms with van der Waals surface area (Å²) in [6.45, 7) is 2.37. The molecule has 3 rings (SSSR count). The smallest absolute Gasteiger partial charge is 0.118 e. The zero-order chi connectivity index (χ0) is 18.2. The predicted octanol–water partition coefficient (Wildman–Crippen LogP) is 7.35. The minimum absolute atomic E-state index is 0.955. The van der Waals surface area contributed by atoms with Crippen molar-refractivity contribution in [3.8, 4) is 5.75 Å². The predicted molar refractivity (Wildman–Crippen MR) is 112 cm³/mol. The standard InChI is InChI=1S/C25H38O/c1-3-20-4-6-21(7-5-20)8-9-22-10-12-23(13-11-22)14-15-24-16-18-25(26-2)19-17-24/h12,16-22H,3-11,13-15H2,1-2H3. The maximum atomic E-state index is 5.24. The number of hydrogen-bond acceptors (Lipinski definition) is 1.